The molecule has 48 heavy (non-hydrogen) atoms. The van der Waals surface area contributed by atoms with Crippen LogP contribution in [0.4, 0.5) is 0 Å². The molecule has 0 rings (SSSR count). The molecule has 6 heteroatoms. The van der Waals surface area contributed by atoms with E-state index in [-0.39, 0.29) is 6.42 Å². The molecular formula is C42H76O6. The summed E-state index contributed by atoms with van der Waals surface area (Å²) in [6.07, 6.45) is 47.9. The second kappa shape index (κ2) is 46.5. The summed E-state index contributed by atoms with van der Waals surface area (Å²) >= 11 is 0. The Morgan fingerprint density at radius 2 is 0.583 bits per heavy atom. The monoisotopic (exact) mass is 677 g/mol. The van der Waals surface area contributed by atoms with Crippen molar-refractivity contribution in [2.45, 2.75) is 201 Å². The zero-order valence-electron chi connectivity index (χ0n) is 31.5. The highest BCUT2D eigenvalue weighted by Crippen LogP contribution is 2.13. The molecular weight excluding hydrogens is 600 g/mol. The predicted molar refractivity (Wildman–Crippen MR) is 206 cm³/mol. The number of unbranched alkanes of at least 4 members (excludes halogenated alkanes) is 18. The zero-order chi connectivity index (χ0) is 36.2. The van der Waals surface area contributed by atoms with Crippen LogP contribution in [0.2, 0.25) is 0 Å². The van der Waals surface area contributed by atoms with Crippen molar-refractivity contribution in [3.8, 4) is 0 Å². The maximum Gasteiger partial charge on any atom is 0.303 e. The Morgan fingerprint density at radius 3 is 0.958 bits per heavy atom. The fraction of sp³-hybridized carbons (Fsp3) is 0.738. The first kappa shape index (κ1) is 49.8. The molecule has 0 aliphatic rings. The van der Waals surface area contributed by atoms with Crippen LogP contribution in [0, 0.1) is 0 Å². The lowest BCUT2D eigenvalue weighted by atomic mass is 10.0. The summed E-state index contributed by atoms with van der Waals surface area (Å²) in [6.45, 7) is 6.55. The second-order valence-electron chi connectivity index (χ2n) is 12.6. The normalized spacial score (nSPS) is 11.2. The predicted octanol–water partition coefficient (Wildman–Crippen LogP) is 13.4. The van der Waals surface area contributed by atoms with Crippen molar-refractivity contribution in [2.24, 2.45) is 0 Å². The van der Waals surface area contributed by atoms with Crippen LogP contribution >= 0.6 is 0 Å². The fourth-order valence-electron chi connectivity index (χ4n) is 4.75. The molecule has 0 radical (unpaired) electrons. The van der Waals surface area contributed by atoms with E-state index in [1.165, 1.54) is 96.3 Å². The Kier molecular flexibility index (Phi) is 48.2. The van der Waals surface area contributed by atoms with Crippen molar-refractivity contribution in [3.05, 3.63) is 48.6 Å². The smallest absolute Gasteiger partial charge is 0.303 e. The van der Waals surface area contributed by atoms with Gasteiger partial charge in [0.25, 0.3) is 0 Å². The Balaban J connectivity index is -0.000000697. The van der Waals surface area contributed by atoms with Crippen molar-refractivity contribution < 1.29 is 29.7 Å². The first-order valence-electron chi connectivity index (χ1n) is 19.6. The van der Waals surface area contributed by atoms with Crippen molar-refractivity contribution in [1.29, 1.82) is 0 Å². The molecule has 280 valence electrons. The van der Waals surface area contributed by atoms with Crippen molar-refractivity contribution in [2.75, 3.05) is 0 Å². The molecule has 0 aromatic carbocycles. The second-order valence-corrected chi connectivity index (χ2v) is 12.6. The van der Waals surface area contributed by atoms with E-state index in [9.17, 15) is 14.4 Å². The molecule has 3 N–H and O–H groups in total. The Morgan fingerprint density at radius 1 is 0.333 bits per heavy atom. The van der Waals surface area contributed by atoms with E-state index < -0.39 is 17.9 Å². The third kappa shape index (κ3) is 58.9. The summed E-state index contributed by atoms with van der Waals surface area (Å²) in [7, 11) is 0. The van der Waals surface area contributed by atoms with E-state index in [1.54, 1.807) is 0 Å². The number of carbonyl (C=O) groups is 3. The van der Waals surface area contributed by atoms with Gasteiger partial charge in [0.05, 0.1) is 0 Å². The van der Waals surface area contributed by atoms with Gasteiger partial charge in [-0.1, -0.05) is 172 Å². The summed E-state index contributed by atoms with van der Waals surface area (Å²) < 4.78 is 0. The summed E-state index contributed by atoms with van der Waals surface area (Å²) in [5, 5.41) is 25.1. The minimum Gasteiger partial charge on any atom is -0.481 e. The van der Waals surface area contributed by atoms with Gasteiger partial charge in [0, 0.05) is 19.3 Å². The molecule has 0 unspecified atom stereocenters. The van der Waals surface area contributed by atoms with Gasteiger partial charge in [-0.15, -0.1) is 0 Å². The van der Waals surface area contributed by atoms with E-state index in [0.717, 1.165) is 64.2 Å². The molecule has 0 aromatic heterocycles. The minimum atomic E-state index is -0.712. The highest BCUT2D eigenvalue weighted by Gasteiger charge is 1.97. The van der Waals surface area contributed by atoms with Crippen LogP contribution in [-0.4, -0.2) is 33.2 Å². The lowest BCUT2D eigenvalue weighted by Crippen LogP contribution is -1.93. The van der Waals surface area contributed by atoms with Crippen molar-refractivity contribution in [1.82, 2.24) is 0 Å². The molecule has 0 amide bonds. The number of carboxylic acid groups (broad SMARTS) is 3. The SMILES string of the molecule is CCCCC/C=C\C/C=C\C/C=C\C/C=C\CCCC(=O)O.CCCCCC(=O)O.CCCCCCCCCCCCCCCC(=O)O. The Bertz CT molecular complexity index is 796. The van der Waals surface area contributed by atoms with Crippen LogP contribution in [0.5, 0.6) is 0 Å². The maximum atomic E-state index is 10.3. The van der Waals surface area contributed by atoms with Crippen LogP contribution < -0.4 is 0 Å². The Labute approximate surface area is 296 Å². The van der Waals surface area contributed by atoms with E-state index in [2.05, 4.69) is 69.4 Å². The van der Waals surface area contributed by atoms with Gasteiger partial charge in [-0.2, -0.15) is 0 Å². The number of hydrogen-bond donors (Lipinski definition) is 3. The number of carboxylic acids is 3. The number of hydrogen-bond acceptors (Lipinski definition) is 3. The minimum absolute atomic E-state index is 0.262. The topological polar surface area (TPSA) is 112 Å². The van der Waals surface area contributed by atoms with E-state index >= 15 is 0 Å². The van der Waals surface area contributed by atoms with Gasteiger partial charge in [0.15, 0.2) is 0 Å². The number of rotatable bonds is 32. The highest BCUT2D eigenvalue weighted by atomic mass is 16.4. The van der Waals surface area contributed by atoms with Gasteiger partial charge >= 0.3 is 17.9 Å². The first-order valence-corrected chi connectivity index (χ1v) is 19.6. The molecule has 0 bridgehead atoms. The van der Waals surface area contributed by atoms with Gasteiger partial charge in [-0.3, -0.25) is 14.4 Å². The molecule has 0 atom stereocenters. The van der Waals surface area contributed by atoms with Crippen molar-refractivity contribution >= 4 is 17.9 Å². The molecule has 6 nitrogen and oxygen atoms in total. The zero-order valence-corrected chi connectivity index (χ0v) is 31.5. The lowest BCUT2D eigenvalue weighted by Gasteiger charge is -2.02. The molecule has 0 heterocycles. The average molecular weight is 677 g/mol. The van der Waals surface area contributed by atoms with Gasteiger partial charge in [0.1, 0.15) is 0 Å². The lowest BCUT2D eigenvalue weighted by molar-refractivity contribution is -0.138. The van der Waals surface area contributed by atoms with Crippen LogP contribution in [0.25, 0.3) is 0 Å². The molecule has 0 fully saturated rings. The van der Waals surface area contributed by atoms with Gasteiger partial charge in [-0.25, -0.2) is 0 Å². The van der Waals surface area contributed by atoms with E-state index in [0.29, 0.717) is 12.8 Å². The number of allylic oxidation sites excluding steroid dienone is 8. The average Bonchev–Trinajstić information content (AvgIpc) is 3.05. The van der Waals surface area contributed by atoms with Crippen molar-refractivity contribution in [3.63, 3.8) is 0 Å². The van der Waals surface area contributed by atoms with Gasteiger partial charge < -0.3 is 15.3 Å². The molecule has 0 aliphatic carbocycles. The molecule has 0 spiro atoms. The van der Waals surface area contributed by atoms with Crippen LogP contribution in [0.3, 0.4) is 0 Å². The summed E-state index contributed by atoms with van der Waals surface area (Å²) in [5.74, 6) is -2.05. The highest BCUT2D eigenvalue weighted by molar-refractivity contribution is 5.67. The summed E-state index contributed by atoms with van der Waals surface area (Å²) in [5.41, 5.74) is 0. The quantitative estimate of drug-likeness (QED) is 0.0483. The molecule has 0 aliphatic heterocycles. The third-order valence-electron chi connectivity index (χ3n) is 7.71. The standard InChI is InChI=1S/C20H32O2.C16H32O2.C6H12O2/c1-2-3-4-5-6-7-8-9-10-11-12-13-14-15-16-17-18-19-20(21)22;1-2-3-4-5-6-7-8-9-10-11-12-13-14-15-16(17)18;1-2-3-4-5-6(7)8/h6-7,9-10,12-13,15-16H,2-5,8,11,14,17-19H2,1H3,(H,21,22);2-15H2,1H3,(H,17,18);2-5H2,1H3,(H,7,8)/b7-6-,10-9-,13-12-,16-15-;;. The fourth-order valence-corrected chi connectivity index (χ4v) is 4.75. The van der Waals surface area contributed by atoms with Crippen LogP contribution in [-0.2, 0) is 14.4 Å². The van der Waals surface area contributed by atoms with Gasteiger partial charge in [0.2, 0.25) is 0 Å². The first-order chi connectivity index (χ1) is 23.3. The maximum absolute atomic E-state index is 10.3. The van der Waals surface area contributed by atoms with Crippen LogP contribution in [0.1, 0.15) is 201 Å². The summed E-state index contributed by atoms with van der Waals surface area (Å²) in [6, 6.07) is 0. The molecule has 0 aromatic rings. The van der Waals surface area contributed by atoms with E-state index in [1.807, 2.05) is 0 Å². The van der Waals surface area contributed by atoms with E-state index in [4.69, 9.17) is 15.3 Å². The van der Waals surface area contributed by atoms with Crippen LogP contribution in [0.15, 0.2) is 48.6 Å². The summed E-state index contributed by atoms with van der Waals surface area (Å²) in [4.78, 5) is 30.5. The largest absolute Gasteiger partial charge is 0.481 e. The molecule has 0 saturated heterocycles. The van der Waals surface area contributed by atoms with Gasteiger partial charge in [-0.05, 0) is 57.8 Å². The molecule has 0 saturated carbocycles. The number of aliphatic carboxylic acids is 3. The third-order valence-corrected chi connectivity index (χ3v) is 7.71. The Hall–Kier alpha value is -2.63.